The Hall–Kier alpha value is -0.870. The van der Waals surface area contributed by atoms with E-state index in [0.717, 1.165) is 23.3 Å². The summed E-state index contributed by atoms with van der Waals surface area (Å²) in [6, 6.07) is 11.4. The summed E-state index contributed by atoms with van der Waals surface area (Å²) in [4.78, 5) is -0.0219. The van der Waals surface area contributed by atoms with Crippen molar-refractivity contribution in [2.75, 3.05) is 0 Å². The predicted molar refractivity (Wildman–Crippen MR) is 85.1 cm³/mol. The molecule has 0 saturated heterocycles. The summed E-state index contributed by atoms with van der Waals surface area (Å²) in [6.45, 7) is 2.06. The average molecular weight is 400 g/mol. The molecule has 2 aromatic carbocycles. The summed E-state index contributed by atoms with van der Waals surface area (Å²) in [5.74, 6) is 0.716. The molecule has 0 fully saturated rings. The fraction of sp³-hybridized carbons (Fsp3) is 0.250. The summed E-state index contributed by atoms with van der Waals surface area (Å²) >= 11 is 6.83. The van der Waals surface area contributed by atoms with Gasteiger partial charge in [0, 0.05) is 6.42 Å². The number of fused-ring (bicyclic) bond motifs is 1. The van der Waals surface area contributed by atoms with Crippen molar-refractivity contribution in [3.05, 3.63) is 63.4 Å². The summed E-state index contributed by atoms with van der Waals surface area (Å²) < 4.78 is 19.8. The third-order valence-corrected chi connectivity index (χ3v) is 5.15. The molecule has 1 aliphatic rings. The SMILES string of the molecule is CC1Cc2cc(C(Br)c3ccc(Br)c(F)c3)ccc2O1. The van der Waals surface area contributed by atoms with Crippen molar-refractivity contribution in [1.29, 1.82) is 0 Å². The highest BCUT2D eigenvalue weighted by molar-refractivity contribution is 9.10. The van der Waals surface area contributed by atoms with Gasteiger partial charge in [-0.15, -0.1) is 0 Å². The zero-order valence-corrected chi connectivity index (χ0v) is 14.0. The molecule has 3 rings (SSSR count). The maximum atomic E-state index is 13.6. The largest absolute Gasteiger partial charge is 0.490 e. The minimum atomic E-state index is -0.245. The normalized spacial score (nSPS) is 18.5. The van der Waals surface area contributed by atoms with Crippen LogP contribution in [0.3, 0.4) is 0 Å². The molecule has 2 unspecified atom stereocenters. The van der Waals surface area contributed by atoms with Gasteiger partial charge in [-0.3, -0.25) is 0 Å². The van der Waals surface area contributed by atoms with Gasteiger partial charge in [-0.25, -0.2) is 4.39 Å². The van der Waals surface area contributed by atoms with E-state index < -0.39 is 0 Å². The minimum absolute atomic E-state index is 0.0219. The van der Waals surface area contributed by atoms with Gasteiger partial charge in [0.2, 0.25) is 0 Å². The molecule has 1 aliphatic heterocycles. The lowest BCUT2D eigenvalue weighted by Crippen LogP contribution is -2.05. The molecule has 104 valence electrons. The van der Waals surface area contributed by atoms with Crippen LogP contribution in [0.1, 0.15) is 28.4 Å². The van der Waals surface area contributed by atoms with Crippen LogP contribution < -0.4 is 4.74 Å². The Labute approximate surface area is 134 Å². The van der Waals surface area contributed by atoms with Crippen LogP contribution in [0.2, 0.25) is 0 Å². The second kappa shape index (κ2) is 5.49. The van der Waals surface area contributed by atoms with Crippen LogP contribution in [-0.4, -0.2) is 6.10 Å². The molecule has 2 aromatic rings. The van der Waals surface area contributed by atoms with Crippen LogP contribution in [0.5, 0.6) is 5.75 Å². The molecule has 0 amide bonds. The topological polar surface area (TPSA) is 9.23 Å². The third kappa shape index (κ3) is 2.63. The van der Waals surface area contributed by atoms with E-state index in [1.807, 2.05) is 18.2 Å². The molecule has 20 heavy (non-hydrogen) atoms. The second-order valence-electron chi connectivity index (χ2n) is 5.04. The molecule has 2 atom stereocenters. The van der Waals surface area contributed by atoms with Crippen molar-refractivity contribution in [3.63, 3.8) is 0 Å². The first-order chi connectivity index (χ1) is 9.54. The molecule has 0 aliphatic carbocycles. The van der Waals surface area contributed by atoms with Gasteiger partial charge in [0.15, 0.2) is 0 Å². The zero-order valence-electron chi connectivity index (χ0n) is 10.9. The molecular formula is C16H13Br2FO. The zero-order chi connectivity index (χ0) is 14.3. The number of alkyl halides is 1. The first kappa shape index (κ1) is 14.1. The van der Waals surface area contributed by atoms with Gasteiger partial charge in [-0.1, -0.05) is 34.1 Å². The molecule has 0 N–H and O–H groups in total. The van der Waals surface area contributed by atoms with Gasteiger partial charge in [-0.05, 0) is 57.7 Å². The van der Waals surface area contributed by atoms with Crippen molar-refractivity contribution >= 4 is 31.9 Å². The Kier molecular flexibility index (Phi) is 3.87. The number of rotatable bonds is 2. The van der Waals surface area contributed by atoms with Gasteiger partial charge in [-0.2, -0.15) is 0 Å². The minimum Gasteiger partial charge on any atom is -0.490 e. The Morgan fingerprint density at radius 2 is 1.90 bits per heavy atom. The van der Waals surface area contributed by atoms with Crippen LogP contribution in [-0.2, 0) is 6.42 Å². The highest BCUT2D eigenvalue weighted by atomic mass is 79.9. The van der Waals surface area contributed by atoms with Crippen molar-refractivity contribution in [2.24, 2.45) is 0 Å². The second-order valence-corrected chi connectivity index (χ2v) is 6.81. The average Bonchev–Trinajstić information content (AvgIpc) is 2.80. The standard InChI is InChI=1S/C16H13Br2FO/c1-9-6-12-7-10(3-5-15(12)20-9)16(18)11-2-4-13(17)14(19)8-11/h2-5,7-9,16H,6H2,1H3. The fourth-order valence-corrected chi connectivity index (χ4v) is 3.28. The highest BCUT2D eigenvalue weighted by Crippen LogP contribution is 2.37. The van der Waals surface area contributed by atoms with E-state index in [0.29, 0.717) is 4.47 Å². The lowest BCUT2D eigenvalue weighted by atomic mass is 10.0. The van der Waals surface area contributed by atoms with E-state index in [-0.39, 0.29) is 16.7 Å². The molecule has 0 bridgehead atoms. The highest BCUT2D eigenvalue weighted by Gasteiger charge is 2.21. The van der Waals surface area contributed by atoms with Gasteiger partial charge >= 0.3 is 0 Å². The number of halogens is 3. The number of hydrogen-bond acceptors (Lipinski definition) is 1. The van der Waals surface area contributed by atoms with Gasteiger partial charge < -0.3 is 4.74 Å². The van der Waals surface area contributed by atoms with Crippen LogP contribution in [0, 0.1) is 5.82 Å². The van der Waals surface area contributed by atoms with Crippen LogP contribution in [0.15, 0.2) is 40.9 Å². The van der Waals surface area contributed by atoms with Crippen LogP contribution in [0.25, 0.3) is 0 Å². The Morgan fingerprint density at radius 3 is 2.65 bits per heavy atom. The maximum absolute atomic E-state index is 13.6. The Morgan fingerprint density at radius 1 is 1.20 bits per heavy atom. The molecule has 4 heteroatoms. The van der Waals surface area contributed by atoms with Crippen LogP contribution in [0.4, 0.5) is 4.39 Å². The molecule has 0 saturated carbocycles. The summed E-state index contributed by atoms with van der Waals surface area (Å²) in [7, 11) is 0. The Bertz CT molecular complexity index is 657. The third-order valence-electron chi connectivity index (χ3n) is 3.45. The molecule has 0 aromatic heterocycles. The van der Waals surface area contributed by atoms with Crippen molar-refractivity contribution < 1.29 is 9.13 Å². The predicted octanol–water partition coefficient (Wildman–Crippen LogP) is 5.40. The van der Waals surface area contributed by atoms with Crippen molar-refractivity contribution in [3.8, 4) is 5.75 Å². The van der Waals surface area contributed by atoms with Crippen molar-refractivity contribution in [1.82, 2.24) is 0 Å². The van der Waals surface area contributed by atoms with E-state index in [4.69, 9.17) is 4.74 Å². The molecule has 1 nitrogen and oxygen atoms in total. The number of ether oxygens (including phenoxy) is 1. The van der Waals surface area contributed by atoms with Gasteiger partial charge in [0.1, 0.15) is 17.7 Å². The smallest absolute Gasteiger partial charge is 0.137 e. The summed E-state index contributed by atoms with van der Waals surface area (Å²) in [5, 5.41) is 0. The summed E-state index contributed by atoms with van der Waals surface area (Å²) in [6.07, 6.45) is 1.16. The lowest BCUT2D eigenvalue weighted by molar-refractivity contribution is 0.254. The quantitative estimate of drug-likeness (QED) is 0.614. The van der Waals surface area contributed by atoms with E-state index in [9.17, 15) is 4.39 Å². The summed E-state index contributed by atoms with van der Waals surface area (Å²) in [5.41, 5.74) is 3.23. The first-order valence-electron chi connectivity index (χ1n) is 6.43. The molecule has 0 spiro atoms. The van der Waals surface area contributed by atoms with Crippen LogP contribution >= 0.6 is 31.9 Å². The molecule has 1 heterocycles. The fourth-order valence-electron chi connectivity index (χ4n) is 2.46. The van der Waals surface area contributed by atoms with E-state index >= 15 is 0 Å². The maximum Gasteiger partial charge on any atom is 0.137 e. The molecule has 0 radical (unpaired) electrons. The van der Waals surface area contributed by atoms with E-state index in [1.165, 1.54) is 5.56 Å². The van der Waals surface area contributed by atoms with E-state index in [1.54, 1.807) is 12.1 Å². The Balaban J connectivity index is 1.93. The number of hydrogen-bond donors (Lipinski definition) is 0. The molecular weight excluding hydrogens is 387 g/mol. The monoisotopic (exact) mass is 398 g/mol. The van der Waals surface area contributed by atoms with Gasteiger partial charge in [0.05, 0.1) is 9.30 Å². The van der Waals surface area contributed by atoms with Crippen molar-refractivity contribution in [2.45, 2.75) is 24.3 Å². The lowest BCUT2D eigenvalue weighted by Gasteiger charge is -2.12. The van der Waals surface area contributed by atoms with Gasteiger partial charge in [0.25, 0.3) is 0 Å². The number of benzene rings is 2. The first-order valence-corrected chi connectivity index (χ1v) is 8.14. The van der Waals surface area contributed by atoms with E-state index in [2.05, 4.69) is 44.8 Å².